The van der Waals surface area contributed by atoms with Crippen molar-refractivity contribution in [2.75, 3.05) is 26.8 Å². The maximum absolute atomic E-state index is 12.5. The predicted octanol–water partition coefficient (Wildman–Crippen LogP) is 2.19. The number of amides is 1. The number of nitrogens with zero attached hydrogens (tertiary/aromatic N) is 2. The zero-order valence-electron chi connectivity index (χ0n) is 12.1. The minimum Gasteiger partial charge on any atom is -0.381 e. The number of H-pyrrole nitrogens is 1. The maximum Gasteiger partial charge on any atom is 0.253 e. The Labute approximate surface area is 123 Å². The minimum absolute atomic E-state index is 0.0484. The van der Waals surface area contributed by atoms with Gasteiger partial charge in [0, 0.05) is 43.4 Å². The topological polar surface area (TPSA) is 58.2 Å². The van der Waals surface area contributed by atoms with Crippen molar-refractivity contribution < 1.29 is 9.53 Å². The van der Waals surface area contributed by atoms with E-state index in [1.165, 1.54) is 0 Å². The molecule has 21 heavy (non-hydrogen) atoms. The molecule has 5 nitrogen and oxygen atoms in total. The molecule has 0 saturated carbocycles. The SMILES string of the molecule is CN(C[C@H]1CCOC1)C(=O)c1cccc(-c2cn[nH]c2)c1. The lowest BCUT2D eigenvalue weighted by molar-refractivity contribution is 0.0766. The lowest BCUT2D eigenvalue weighted by Crippen LogP contribution is -2.32. The summed E-state index contributed by atoms with van der Waals surface area (Å²) in [6, 6.07) is 7.65. The average molecular weight is 285 g/mol. The van der Waals surface area contributed by atoms with Gasteiger partial charge in [-0.15, -0.1) is 0 Å². The summed E-state index contributed by atoms with van der Waals surface area (Å²) in [6.07, 6.45) is 4.61. The van der Waals surface area contributed by atoms with E-state index in [-0.39, 0.29) is 5.91 Å². The van der Waals surface area contributed by atoms with Gasteiger partial charge < -0.3 is 9.64 Å². The quantitative estimate of drug-likeness (QED) is 0.936. The number of benzene rings is 1. The molecule has 1 aromatic carbocycles. The van der Waals surface area contributed by atoms with Crippen molar-refractivity contribution in [1.82, 2.24) is 15.1 Å². The molecule has 1 saturated heterocycles. The molecule has 0 radical (unpaired) electrons. The smallest absolute Gasteiger partial charge is 0.253 e. The molecule has 110 valence electrons. The third-order valence-corrected chi connectivity index (χ3v) is 3.84. The van der Waals surface area contributed by atoms with Crippen LogP contribution in [0.25, 0.3) is 11.1 Å². The molecule has 1 N–H and O–H groups in total. The highest BCUT2D eigenvalue weighted by atomic mass is 16.5. The molecule has 2 heterocycles. The molecule has 0 aliphatic carbocycles. The molecule has 2 aromatic rings. The van der Waals surface area contributed by atoms with E-state index in [1.54, 1.807) is 11.1 Å². The molecular weight excluding hydrogens is 266 g/mol. The number of hydrogen-bond donors (Lipinski definition) is 1. The van der Waals surface area contributed by atoms with Gasteiger partial charge in [0.15, 0.2) is 0 Å². The van der Waals surface area contributed by atoms with Gasteiger partial charge in [-0.25, -0.2) is 0 Å². The fourth-order valence-corrected chi connectivity index (χ4v) is 2.66. The van der Waals surface area contributed by atoms with Crippen molar-refractivity contribution in [3.05, 3.63) is 42.2 Å². The molecule has 0 bridgehead atoms. The Bertz CT molecular complexity index is 604. The summed E-state index contributed by atoms with van der Waals surface area (Å²) >= 11 is 0. The molecule has 1 aliphatic rings. The normalized spacial score (nSPS) is 17.9. The second kappa shape index (κ2) is 6.10. The first-order valence-corrected chi connectivity index (χ1v) is 7.16. The standard InChI is InChI=1S/C16H19N3O2/c1-19(10-12-5-6-21-11-12)16(20)14-4-2-3-13(7-14)15-8-17-18-9-15/h2-4,7-9,12H,5-6,10-11H2,1H3,(H,17,18)/t12-/m1/s1. The Kier molecular flexibility index (Phi) is 4.01. The molecule has 1 aromatic heterocycles. The second-order valence-corrected chi connectivity index (χ2v) is 5.48. The van der Waals surface area contributed by atoms with Gasteiger partial charge in [0.25, 0.3) is 5.91 Å². The van der Waals surface area contributed by atoms with E-state index in [0.29, 0.717) is 11.5 Å². The third kappa shape index (κ3) is 3.13. The first-order chi connectivity index (χ1) is 10.2. The maximum atomic E-state index is 12.5. The average Bonchev–Trinajstić information content (AvgIpc) is 3.20. The van der Waals surface area contributed by atoms with Gasteiger partial charge >= 0.3 is 0 Å². The van der Waals surface area contributed by atoms with E-state index in [1.807, 2.05) is 37.5 Å². The number of carbonyl (C=O) groups excluding carboxylic acids is 1. The van der Waals surface area contributed by atoms with Crippen molar-refractivity contribution in [2.45, 2.75) is 6.42 Å². The van der Waals surface area contributed by atoms with Crippen LogP contribution in [0.2, 0.25) is 0 Å². The molecular formula is C16H19N3O2. The fraction of sp³-hybridized carbons (Fsp3) is 0.375. The first kappa shape index (κ1) is 13.8. The lowest BCUT2D eigenvalue weighted by atomic mass is 10.0. The first-order valence-electron chi connectivity index (χ1n) is 7.16. The van der Waals surface area contributed by atoms with Crippen LogP contribution in [0.3, 0.4) is 0 Å². The van der Waals surface area contributed by atoms with E-state index >= 15 is 0 Å². The molecule has 0 unspecified atom stereocenters. The zero-order chi connectivity index (χ0) is 14.7. The second-order valence-electron chi connectivity index (χ2n) is 5.48. The van der Waals surface area contributed by atoms with Crippen molar-refractivity contribution in [3.63, 3.8) is 0 Å². The van der Waals surface area contributed by atoms with Gasteiger partial charge in [0.05, 0.1) is 12.8 Å². The van der Waals surface area contributed by atoms with Crippen LogP contribution in [0.5, 0.6) is 0 Å². The predicted molar refractivity (Wildman–Crippen MR) is 79.9 cm³/mol. The van der Waals surface area contributed by atoms with Crippen LogP contribution in [-0.4, -0.2) is 47.8 Å². The molecule has 1 aliphatic heterocycles. The van der Waals surface area contributed by atoms with E-state index < -0.39 is 0 Å². The van der Waals surface area contributed by atoms with Crippen molar-refractivity contribution >= 4 is 5.91 Å². The number of aromatic nitrogens is 2. The summed E-state index contributed by atoms with van der Waals surface area (Å²) in [6.45, 7) is 2.31. The van der Waals surface area contributed by atoms with Gasteiger partial charge in [-0.2, -0.15) is 5.10 Å². The van der Waals surface area contributed by atoms with Crippen LogP contribution in [0, 0.1) is 5.92 Å². The summed E-state index contributed by atoms with van der Waals surface area (Å²) in [5, 5.41) is 6.73. The van der Waals surface area contributed by atoms with E-state index in [4.69, 9.17) is 4.74 Å². The minimum atomic E-state index is 0.0484. The van der Waals surface area contributed by atoms with Crippen LogP contribution >= 0.6 is 0 Å². The molecule has 1 amide bonds. The number of ether oxygens (including phenoxy) is 1. The molecule has 5 heteroatoms. The number of nitrogens with one attached hydrogen (secondary N) is 1. The number of carbonyl (C=O) groups is 1. The number of hydrogen-bond acceptors (Lipinski definition) is 3. The fourth-order valence-electron chi connectivity index (χ4n) is 2.66. The Balaban J connectivity index is 1.73. The number of aromatic amines is 1. The van der Waals surface area contributed by atoms with Crippen molar-refractivity contribution in [3.8, 4) is 11.1 Å². The Hall–Kier alpha value is -2.14. The summed E-state index contributed by atoms with van der Waals surface area (Å²) in [4.78, 5) is 14.3. The van der Waals surface area contributed by atoms with Gasteiger partial charge in [0.2, 0.25) is 0 Å². The Morgan fingerprint density at radius 2 is 2.38 bits per heavy atom. The summed E-state index contributed by atoms with van der Waals surface area (Å²) in [5.74, 6) is 0.503. The van der Waals surface area contributed by atoms with Crippen LogP contribution in [0.4, 0.5) is 0 Å². The molecule has 0 spiro atoms. The van der Waals surface area contributed by atoms with Crippen LogP contribution in [-0.2, 0) is 4.74 Å². The summed E-state index contributed by atoms with van der Waals surface area (Å²) in [7, 11) is 1.85. The summed E-state index contributed by atoms with van der Waals surface area (Å²) in [5.41, 5.74) is 2.68. The van der Waals surface area contributed by atoms with Crippen molar-refractivity contribution in [1.29, 1.82) is 0 Å². The van der Waals surface area contributed by atoms with E-state index in [9.17, 15) is 4.79 Å². The van der Waals surface area contributed by atoms with E-state index in [0.717, 1.165) is 37.3 Å². The zero-order valence-corrected chi connectivity index (χ0v) is 12.1. The Morgan fingerprint density at radius 3 is 3.10 bits per heavy atom. The Morgan fingerprint density at radius 1 is 1.48 bits per heavy atom. The molecule has 1 atom stereocenters. The van der Waals surface area contributed by atoms with Gasteiger partial charge in [0.1, 0.15) is 0 Å². The van der Waals surface area contributed by atoms with Gasteiger partial charge in [-0.05, 0) is 24.1 Å². The highest BCUT2D eigenvalue weighted by Crippen LogP contribution is 2.20. The van der Waals surface area contributed by atoms with Gasteiger partial charge in [-0.3, -0.25) is 9.89 Å². The molecule has 3 rings (SSSR count). The third-order valence-electron chi connectivity index (χ3n) is 3.84. The van der Waals surface area contributed by atoms with Crippen LogP contribution in [0.1, 0.15) is 16.8 Å². The lowest BCUT2D eigenvalue weighted by Gasteiger charge is -2.20. The highest BCUT2D eigenvalue weighted by Gasteiger charge is 2.21. The van der Waals surface area contributed by atoms with Crippen molar-refractivity contribution in [2.24, 2.45) is 5.92 Å². The van der Waals surface area contributed by atoms with E-state index in [2.05, 4.69) is 10.2 Å². The number of rotatable bonds is 4. The largest absolute Gasteiger partial charge is 0.381 e. The van der Waals surface area contributed by atoms with Crippen LogP contribution in [0.15, 0.2) is 36.7 Å². The van der Waals surface area contributed by atoms with Gasteiger partial charge in [-0.1, -0.05) is 12.1 Å². The van der Waals surface area contributed by atoms with Crippen LogP contribution < -0.4 is 0 Å². The monoisotopic (exact) mass is 285 g/mol. The highest BCUT2D eigenvalue weighted by molar-refractivity contribution is 5.95. The summed E-state index contributed by atoms with van der Waals surface area (Å²) < 4.78 is 5.36. The molecule has 1 fully saturated rings.